The van der Waals surface area contributed by atoms with Crippen LogP contribution >= 0.6 is 0 Å². The molecule has 0 amide bonds. The highest BCUT2D eigenvalue weighted by atomic mass is 19.4. The Morgan fingerprint density at radius 2 is 1.76 bits per heavy atom. The minimum atomic E-state index is -4.18. The van der Waals surface area contributed by atoms with Crippen LogP contribution in [0.25, 0.3) is 0 Å². The normalized spacial score (nSPS) is 15.2. The van der Waals surface area contributed by atoms with Gasteiger partial charge in [-0.2, -0.15) is 13.2 Å². The molecule has 0 aliphatic carbocycles. The molecule has 1 aromatic carbocycles. The molecule has 0 saturated carbocycles. The van der Waals surface area contributed by atoms with Crippen molar-refractivity contribution in [3.8, 4) is 0 Å². The smallest absolute Gasteiger partial charge is 0.376 e. The van der Waals surface area contributed by atoms with Crippen LogP contribution in [0, 0.1) is 5.92 Å². The molecule has 2 nitrogen and oxygen atoms in total. The van der Waals surface area contributed by atoms with Crippen LogP contribution in [-0.4, -0.2) is 25.4 Å². The third kappa shape index (κ3) is 6.48. The van der Waals surface area contributed by atoms with Crippen LogP contribution in [-0.2, 0) is 4.74 Å². The van der Waals surface area contributed by atoms with Crippen molar-refractivity contribution in [3.05, 3.63) is 35.9 Å². The average molecular weight is 303 g/mol. The molecule has 1 N–H and O–H groups in total. The fraction of sp³-hybridized carbons (Fsp3) is 0.625. The number of hydrogen-bond donors (Lipinski definition) is 1. The van der Waals surface area contributed by atoms with Gasteiger partial charge in [-0.1, -0.05) is 51.1 Å². The lowest BCUT2D eigenvalue weighted by Crippen LogP contribution is -2.38. The van der Waals surface area contributed by atoms with E-state index in [2.05, 4.69) is 5.32 Å². The first-order valence-electron chi connectivity index (χ1n) is 7.31. The second-order valence-electron chi connectivity index (χ2n) is 5.39. The fourth-order valence-corrected chi connectivity index (χ4v) is 2.29. The predicted octanol–water partition coefficient (Wildman–Crippen LogP) is 4.33. The Balaban J connectivity index is 2.79. The van der Waals surface area contributed by atoms with E-state index < -0.39 is 12.6 Å². The number of alkyl halides is 3. The van der Waals surface area contributed by atoms with Gasteiger partial charge in [-0.3, -0.25) is 0 Å². The molecule has 1 rings (SSSR count). The van der Waals surface area contributed by atoms with Gasteiger partial charge in [0.05, 0.1) is 25.2 Å². The van der Waals surface area contributed by atoms with E-state index in [1.54, 1.807) is 0 Å². The Morgan fingerprint density at radius 1 is 1.14 bits per heavy atom. The molecule has 0 fully saturated rings. The average Bonchev–Trinajstić information content (AvgIpc) is 2.41. The van der Waals surface area contributed by atoms with Crippen molar-refractivity contribution in [3.63, 3.8) is 0 Å². The lowest BCUT2D eigenvalue weighted by Gasteiger charge is -2.31. The van der Waals surface area contributed by atoms with E-state index in [1.165, 1.54) is 0 Å². The highest BCUT2D eigenvalue weighted by Gasteiger charge is 2.30. The van der Waals surface area contributed by atoms with E-state index in [4.69, 9.17) is 4.74 Å². The minimum absolute atomic E-state index is 0.107. The van der Waals surface area contributed by atoms with E-state index in [-0.39, 0.29) is 24.7 Å². The standard InChI is InChI=1S/C16H24F3NO/c1-4-20-14(13-8-6-5-7-9-13)15(12(2)3)21-11-10-16(17,18)19/h5-9,12,14-15,20H,4,10-11H2,1-3H3. The molecule has 21 heavy (non-hydrogen) atoms. The highest BCUT2D eigenvalue weighted by molar-refractivity contribution is 5.20. The molecule has 0 aliphatic heterocycles. The zero-order valence-electron chi connectivity index (χ0n) is 12.8. The predicted molar refractivity (Wildman–Crippen MR) is 78.1 cm³/mol. The number of benzene rings is 1. The first-order valence-corrected chi connectivity index (χ1v) is 7.31. The summed E-state index contributed by atoms with van der Waals surface area (Å²) in [4.78, 5) is 0. The molecule has 0 heterocycles. The maximum Gasteiger partial charge on any atom is 0.391 e. The van der Waals surface area contributed by atoms with Crippen LogP contribution in [0.3, 0.4) is 0 Å². The summed E-state index contributed by atoms with van der Waals surface area (Å²) in [5, 5.41) is 3.32. The van der Waals surface area contributed by atoms with E-state index >= 15 is 0 Å². The van der Waals surface area contributed by atoms with Gasteiger partial charge in [0.15, 0.2) is 0 Å². The molecule has 0 aromatic heterocycles. The van der Waals surface area contributed by atoms with Crippen molar-refractivity contribution in [2.45, 2.75) is 45.5 Å². The molecule has 0 aliphatic rings. The number of halogens is 3. The first kappa shape index (κ1) is 18.0. The van der Waals surface area contributed by atoms with Crippen LogP contribution in [0.5, 0.6) is 0 Å². The van der Waals surface area contributed by atoms with Crippen LogP contribution in [0.4, 0.5) is 13.2 Å². The van der Waals surface area contributed by atoms with Crippen molar-refractivity contribution in [2.24, 2.45) is 5.92 Å². The summed E-state index contributed by atoms with van der Waals surface area (Å²) in [6.45, 7) is 6.33. The molecule has 0 bridgehead atoms. The summed E-state index contributed by atoms with van der Waals surface area (Å²) in [6.07, 6.45) is -5.39. The number of ether oxygens (including phenoxy) is 1. The summed E-state index contributed by atoms with van der Waals surface area (Å²) in [5.41, 5.74) is 1.03. The number of nitrogens with one attached hydrogen (secondary N) is 1. The molecule has 5 heteroatoms. The highest BCUT2D eigenvalue weighted by Crippen LogP contribution is 2.26. The van der Waals surface area contributed by atoms with Gasteiger partial charge in [-0.25, -0.2) is 0 Å². The van der Waals surface area contributed by atoms with Gasteiger partial charge in [-0.15, -0.1) is 0 Å². The molecule has 0 radical (unpaired) electrons. The summed E-state index contributed by atoms with van der Waals surface area (Å²) in [7, 11) is 0. The van der Waals surface area contributed by atoms with Crippen molar-refractivity contribution < 1.29 is 17.9 Å². The van der Waals surface area contributed by atoms with E-state index in [0.717, 1.165) is 12.1 Å². The van der Waals surface area contributed by atoms with E-state index in [9.17, 15) is 13.2 Å². The van der Waals surface area contributed by atoms with E-state index in [1.807, 2.05) is 51.1 Å². The number of likely N-dealkylation sites (N-methyl/N-ethyl adjacent to an activating group) is 1. The van der Waals surface area contributed by atoms with Gasteiger partial charge in [0.2, 0.25) is 0 Å². The van der Waals surface area contributed by atoms with Crippen molar-refractivity contribution in [2.75, 3.05) is 13.2 Å². The second-order valence-corrected chi connectivity index (χ2v) is 5.39. The van der Waals surface area contributed by atoms with Gasteiger partial charge < -0.3 is 10.1 Å². The summed E-state index contributed by atoms with van der Waals surface area (Å²) >= 11 is 0. The van der Waals surface area contributed by atoms with Crippen LogP contribution in [0.15, 0.2) is 30.3 Å². The van der Waals surface area contributed by atoms with Gasteiger partial charge >= 0.3 is 6.18 Å². The number of rotatable bonds is 8. The Hall–Kier alpha value is -1.07. The monoisotopic (exact) mass is 303 g/mol. The number of hydrogen-bond acceptors (Lipinski definition) is 2. The molecular weight excluding hydrogens is 279 g/mol. The zero-order chi connectivity index (χ0) is 15.9. The van der Waals surface area contributed by atoms with E-state index in [0.29, 0.717) is 0 Å². The maximum absolute atomic E-state index is 12.3. The topological polar surface area (TPSA) is 21.3 Å². The second kappa shape index (κ2) is 8.39. The summed E-state index contributed by atoms with van der Waals surface area (Å²) < 4.78 is 42.4. The third-order valence-electron chi connectivity index (χ3n) is 3.26. The summed E-state index contributed by atoms with van der Waals surface area (Å²) in [6, 6.07) is 9.59. The Labute approximate surface area is 124 Å². The van der Waals surface area contributed by atoms with Gasteiger partial charge in [0.25, 0.3) is 0 Å². The molecule has 0 saturated heterocycles. The summed E-state index contributed by atoms with van der Waals surface area (Å²) in [5.74, 6) is 0.113. The SMILES string of the molecule is CCNC(c1ccccc1)C(OCCC(F)(F)F)C(C)C. The van der Waals surface area contributed by atoms with Crippen molar-refractivity contribution in [1.29, 1.82) is 0 Å². The largest absolute Gasteiger partial charge is 0.391 e. The van der Waals surface area contributed by atoms with Crippen molar-refractivity contribution >= 4 is 0 Å². The molecule has 2 unspecified atom stereocenters. The third-order valence-corrected chi connectivity index (χ3v) is 3.26. The quantitative estimate of drug-likeness (QED) is 0.772. The molecule has 1 aromatic rings. The lowest BCUT2D eigenvalue weighted by atomic mass is 9.93. The van der Waals surface area contributed by atoms with Crippen molar-refractivity contribution in [1.82, 2.24) is 5.32 Å². The Kier molecular flexibility index (Phi) is 7.18. The fourth-order valence-electron chi connectivity index (χ4n) is 2.29. The molecule has 0 spiro atoms. The first-order chi connectivity index (χ1) is 9.85. The minimum Gasteiger partial charge on any atom is -0.376 e. The molecule has 2 atom stereocenters. The van der Waals surface area contributed by atoms with Gasteiger partial charge in [0, 0.05) is 0 Å². The molecule has 120 valence electrons. The zero-order valence-corrected chi connectivity index (χ0v) is 12.8. The van der Waals surface area contributed by atoms with Crippen LogP contribution < -0.4 is 5.32 Å². The molecular formula is C16H24F3NO. The lowest BCUT2D eigenvalue weighted by molar-refractivity contribution is -0.152. The van der Waals surface area contributed by atoms with Crippen LogP contribution in [0.2, 0.25) is 0 Å². The van der Waals surface area contributed by atoms with Gasteiger partial charge in [0.1, 0.15) is 0 Å². The maximum atomic E-state index is 12.3. The Morgan fingerprint density at radius 3 is 2.24 bits per heavy atom. The Bertz CT molecular complexity index is 392. The van der Waals surface area contributed by atoms with Crippen LogP contribution in [0.1, 0.15) is 38.8 Å². The van der Waals surface area contributed by atoms with Gasteiger partial charge in [-0.05, 0) is 18.0 Å².